The standard InChI is InChI=1S/C19H25F3N2O4.C14H17F3N2O2/c1-5-6-12-18(19(20,21)22,27-13-14-10-8-7-9-11-14)15(25)23-24-16(26)28-17(2,3)4;1-2-3-9-13(12(20)19-18,14(15,16)17)21-10-11-7-5-4-6-8-11/h5,7-11H,1,6,12-13H2,2-4H3,(H,23,25)(H,24,26);2,4-8H,1,3,9-10,18H2,(H,19,20)/t18-;13-/m11/s1. The summed E-state index contributed by atoms with van der Waals surface area (Å²) >= 11 is 0. The van der Waals surface area contributed by atoms with Crippen LogP contribution in [0.4, 0.5) is 31.1 Å². The molecule has 0 aliphatic rings. The number of allylic oxidation sites excluding steroid dienone is 2. The SMILES string of the molecule is C=CCC[C@@](OCc1ccccc1)(C(=O)NN)C(F)(F)F.C=CCC[C@@](OCc1ccccc1)(C(=O)NNC(=O)OC(C)(C)C)C(F)(F)F. The fraction of sp³-hybridized carbons (Fsp3) is 0.424. The predicted octanol–water partition coefficient (Wildman–Crippen LogP) is 6.49. The summed E-state index contributed by atoms with van der Waals surface area (Å²) in [6.45, 7) is 10.7. The maximum absolute atomic E-state index is 13.9. The Morgan fingerprint density at radius 2 is 1.08 bits per heavy atom. The number of carbonyl (C=O) groups is 3. The third-order valence-corrected chi connectivity index (χ3v) is 6.51. The Balaban J connectivity index is 0.000000510. The number of nitrogens with two attached hydrogens (primary N) is 1. The number of benzene rings is 2. The Kier molecular flexibility index (Phi) is 16.5. The number of nitrogens with one attached hydrogen (secondary N) is 3. The van der Waals surface area contributed by atoms with Crippen molar-refractivity contribution in [2.45, 2.75) is 88.8 Å². The first-order chi connectivity index (χ1) is 22.8. The van der Waals surface area contributed by atoms with E-state index >= 15 is 0 Å². The molecule has 3 amide bonds. The first-order valence-corrected chi connectivity index (χ1v) is 14.8. The van der Waals surface area contributed by atoms with E-state index in [1.807, 2.05) is 5.43 Å². The predicted molar refractivity (Wildman–Crippen MR) is 169 cm³/mol. The van der Waals surface area contributed by atoms with Crippen molar-refractivity contribution in [2.24, 2.45) is 5.84 Å². The summed E-state index contributed by atoms with van der Waals surface area (Å²) in [6, 6.07) is 16.4. The van der Waals surface area contributed by atoms with Crippen LogP contribution in [-0.4, -0.2) is 47.1 Å². The molecule has 2 aromatic rings. The van der Waals surface area contributed by atoms with E-state index in [0.717, 1.165) is 0 Å². The molecular formula is C33H42F6N4O6. The van der Waals surface area contributed by atoms with Crippen LogP contribution in [0.15, 0.2) is 86.0 Å². The normalized spacial score (nSPS) is 14.1. The molecular weight excluding hydrogens is 662 g/mol. The van der Waals surface area contributed by atoms with Crippen LogP contribution in [0, 0.1) is 0 Å². The minimum atomic E-state index is -5.04. The van der Waals surface area contributed by atoms with Gasteiger partial charge >= 0.3 is 18.4 Å². The van der Waals surface area contributed by atoms with Crippen LogP contribution < -0.4 is 22.1 Å². The van der Waals surface area contributed by atoms with Crippen LogP contribution in [0.25, 0.3) is 0 Å². The summed E-state index contributed by atoms with van der Waals surface area (Å²) < 4.78 is 96.7. The highest BCUT2D eigenvalue weighted by Crippen LogP contribution is 2.40. The average molecular weight is 705 g/mol. The summed E-state index contributed by atoms with van der Waals surface area (Å²) in [5.74, 6) is 1.91. The number of rotatable bonds is 14. The van der Waals surface area contributed by atoms with Crippen LogP contribution in [-0.2, 0) is 37.0 Å². The van der Waals surface area contributed by atoms with Gasteiger partial charge in [0, 0.05) is 0 Å². The quantitative estimate of drug-likeness (QED) is 0.0580. The molecule has 0 aliphatic heterocycles. The third-order valence-electron chi connectivity index (χ3n) is 6.51. The molecule has 0 unspecified atom stereocenters. The van der Waals surface area contributed by atoms with Crippen molar-refractivity contribution < 1.29 is 54.9 Å². The summed E-state index contributed by atoms with van der Waals surface area (Å²) in [6.07, 6.45) is -9.94. The molecule has 0 bridgehead atoms. The highest BCUT2D eigenvalue weighted by atomic mass is 19.4. The number of carbonyl (C=O) groups excluding carboxylic acids is 3. The van der Waals surface area contributed by atoms with E-state index in [4.69, 9.17) is 20.1 Å². The van der Waals surface area contributed by atoms with E-state index in [2.05, 4.69) is 13.2 Å². The molecule has 0 aliphatic carbocycles. The van der Waals surface area contributed by atoms with Gasteiger partial charge in [0.15, 0.2) is 0 Å². The van der Waals surface area contributed by atoms with Gasteiger partial charge in [0.05, 0.1) is 13.2 Å². The van der Waals surface area contributed by atoms with Gasteiger partial charge in [0.1, 0.15) is 5.60 Å². The number of hydrogen-bond donors (Lipinski definition) is 4. The zero-order valence-corrected chi connectivity index (χ0v) is 27.4. The van der Waals surface area contributed by atoms with E-state index in [1.165, 1.54) is 17.6 Å². The van der Waals surface area contributed by atoms with Crippen molar-refractivity contribution in [2.75, 3.05) is 0 Å². The lowest BCUT2D eigenvalue weighted by Crippen LogP contribution is -2.62. The summed E-state index contributed by atoms with van der Waals surface area (Å²) in [4.78, 5) is 35.8. The molecule has 16 heteroatoms. The van der Waals surface area contributed by atoms with Crippen molar-refractivity contribution >= 4 is 17.9 Å². The molecule has 2 atom stereocenters. The van der Waals surface area contributed by atoms with Crippen molar-refractivity contribution in [1.82, 2.24) is 16.3 Å². The van der Waals surface area contributed by atoms with Gasteiger partial charge in [-0.3, -0.25) is 20.4 Å². The number of hydrazine groups is 2. The molecule has 0 saturated carbocycles. The monoisotopic (exact) mass is 704 g/mol. The molecule has 272 valence electrons. The molecule has 0 aromatic heterocycles. The minimum absolute atomic E-state index is 0.0400. The Morgan fingerprint density at radius 3 is 1.41 bits per heavy atom. The van der Waals surface area contributed by atoms with Gasteiger partial charge < -0.3 is 14.2 Å². The molecule has 49 heavy (non-hydrogen) atoms. The fourth-order valence-electron chi connectivity index (χ4n) is 4.01. The van der Waals surface area contributed by atoms with Crippen molar-refractivity contribution in [3.8, 4) is 0 Å². The van der Waals surface area contributed by atoms with Crippen LogP contribution in [0.1, 0.15) is 57.6 Å². The maximum Gasteiger partial charge on any atom is 0.426 e. The van der Waals surface area contributed by atoms with Crippen LogP contribution >= 0.6 is 0 Å². The molecule has 0 fully saturated rings. The van der Waals surface area contributed by atoms with Crippen LogP contribution in [0.5, 0.6) is 0 Å². The van der Waals surface area contributed by atoms with Gasteiger partial charge in [-0.15, -0.1) is 13.2 Å². The molecule has 10 nitrogen and oxygen atoms in total. The highest BCUT2D eigenvalue weighted by molar-refractivity contribution is 5.87. The molecule has 0 spiro atoms. The molecule has 5 N–H and O–H groups in total. The summed E-state index contributed by atoms with van der Waals surface area (Å²) in [5.41, 5.74) is -0.953. The molecule has 2 rings (SSSR count). The summed E-state index contributed by atoms with van der Waals surface area (Å²) in [7, 11) is 0. The van der Waals surface area contributed by atoms with Crippen molar-refractivity contribution in [3.63, 3.8) is 0 Å². The lowest BCUT2D eigenvalue weighted by Gasteiger charge is -2.34. The highest BCUT2D eigenvalue weighted by Gasteiger charge is 2.62. The lowest BCUT2D eigenvalue weighted by molar-refractivity contribution is -0.273. The van der Waals surface area contributed by atoms with Crippen LogP contribution in [0.3, 0.4) is 0 Å². The van der Waals surface area contributed by atoms with Gasteiger partial charge in [0.25, 0.3) is 11.8 Å². The van der Waals surface area contributed by atoms with Gasteiger partial charge in [-0.25, -0.2) is 16.1 Å². The van der Waals surface area contributed by atoms with E-state index in [9.17, 15) is 40.7 Å². The van der Waals surface area contributed by atoms with Crippen LogP contribution in [0.2, 0.25) is 0 Å². The van der Waals surface area contributed by atoms with E-state index in [1.54, 1.807) is 86.9 Å². The molecule has 0 saturated heterocycles. The largest absolute Gasteiger partial charge is 0.443 e. The third kappa shape index (κ3) is 13.2. The van der Waals surface area contributed by atoms with E-state index < -0.39 is 66.5 Å². The topological polar surface area (TPSA) is 141 Å². The number of alkyl halides is 6. The molecule has 2 aromatic carbocycles. The van der Waals surface area contributed by atoms with Crippen molar-refractivity contribution in [1.29, 1.82) is 0 Å². The zero-order valence-electron chi connectivity index (χ0n) is 27.4. The Morgan fingerprint density at radius 1 is 0.694 bits per heavy atom. The Bertz CT molecular complexity index is 1350. The number of halogens is 6. The Hall–Kier alpha value is -4.41. The second-order valence-electron chi connectivity index (χ2n) is 11.4. The van der Waals surface area contributed by atoms with E-state index in [-0.39, 0.29) is 19.4 Å². The second kappa shape index (κ2) is 19.0. The number of ether oxygens (including phenoxy) is 3. The summed E-state index contributed by atoms with van der Waals surface area (Å²) in [5, 5.41) is 0. The van der Waals surface area contributed by atoms with Crippen molar-refractivity contribution in [3.05, 3.63) is 97.1 Å². The minimum Gasteiger partial charge on any atom is -0.443 e. The van der Waals surface area contributed by atoms with Gasteiger partial charge in [0.2, 0.25) is 11.2 Å². The number of amides is 3. The molecule has 0 heterocycles. The van der Waals surface area contributed by atoms with Gasteiger partial charge in [-0.05, 0) is 57.6 Å². The second-order valence-corrected chi connectivity index (χ2v) is 11.4. The smallest absolute Gasteiger partial charge is 0.426 e. The first-order valence-electron chi connectivity index (χ1n) is 14.8. The zero-order chi connectivity index (χ0) is 37.4. The fourth-order valence-corrected chi connectivity index (χ4v) is 4.01. The molecule has 0 radical (unpaired) electrons. The first kappa shape index (κ1) is 42.6. The number of hydrogen-bond acceptors (Lipinski definition) is 7. The Labute approximate surface area is 281 Å². The van der Waals surface area contributed by atoms with Gasteiger partial charge in [-0.2, -0.15) is 26.3 Å². The average Bonchev–Trinajstić information content (AvgIpc) is 3.03. The lowest BCUT2D eigenvalue weighted by atomic mass is 9.95. The van der Waals surface area contributed by atoms with E-state index in [0.29, 0.717) is 11.1 Å². The maximum atomic E-state index is 13.9. The van der Waals surface area contributed by atoms with Gasteiger partial charge in [-0.1, -0.05) is 72.8 Å².